The van der Waals surface area contributed by atoms with Crippen LogP contribution in [0.4, 0.5) is 5.69 Å². The number of carboxylic acids is 1. The van der Waals surface area contributed by atoms with Crippen LogP contribution in [0.1, 0.15) is 57.4 Å². The predicted octanol–water partition coefficient (Wildman–Crippen LogP) is -4.66. The number of hydrogen-bond donors (Lipinski definition) is 7. The standard InChI is InChI=1S/C34H50N2O17.Na/c1-16-24(38)26(40)27(41)33(49-16)53-29-20(11-12-48-22(29)14-35-31(43)18-7-9-19(10-8-18)36(46)47)51-34-28(42)30(25(39)23(15-37)52-34)50-21(32(44)45)13-17-5-3-2-4-6-17;/h7-10,16-17,20-30,33-34,37-42H,2-6,11-15H2,1H3,(H,35,43)(H,44,45);/q;+1/p-1/t16-,20+,21+,22?,23+,24+,25-,26-,27+,28-,29-,30+,33-,34+;/m1./s1. The Morgan fingerprint density at radius 3 is 2.20 bits per heavy atom. The summed E-state index contributed by atoms with van der Waals surface area (Å²) in [5, 5.41) is 97.8. The van der Waals surface area contributed by atoms with Gasteiger partial charge in [-0.15, -0.1) is 0 Å². The molecule has 1 saturated carbocycles. The third-order valence-corrected chi connectivity index (χ3v) is 10.3. The minimum absolute atomic E-state index is 0. The molecule has 54 heavy (non-hydrogen) atoms. The first-order valence-corrected chi connectivity index (χ1v) is 17.9. The van der Waals surface area contributed by atoms with Gasteiger partial charge in [0.1, 0.15) is 54.9 Å². The Morgan fingerprint density at radius 2 is 1.57 bits per heavy atom. The predicted molar refractivity (Wildman–Crippen MR) is 176 cm³/mol. The fraction of sp³-hybridized carbons (Fsp3) is 0.765. The molecule has 4 aliphatic rings. The van der Waals surface area contributed by atoms with Crippen LogP contribution >= 0.6 is 0 Å². The first kappa shape index (κ1) is 44.8. The number of nitro benzene ring substituents is 1. The van der Waals surface area contributed by atoms with Crippen molar-refractivity contribution < 1.29 is 109 Å². The second-order valence-corrected chi connectivity index (χ2v) is 14.0. The van der Waals surface area contributed by atoms with Crippen LogP contribution in [-0.4, -0.2) is 158 Å². The molecule has 5 rings (SSSR count). The first-order valence-electron chi connectivity index (χ1n) is 17.9. The van der Waals surface area contributed by atoms with Crippen LogP contribution in [0.2, 0.25) is 0 Å². The second-order valence-electron chi connectivity index (χ2n) is 14.0. The van der Waals surface area contributed by atoms with Crippen molar-refractivity contribution in [3.63, 3.8) is 0 Å². The Hall–Kier alpha value is -1.92. The third-order valence-electron chi connectivity index (χ3n) is 10.3. The molecule has 4 fully saturated rings. The number of carbonyl (C=O) groups is 1. The summed E-state index contributed by atoms with van der Waals surface area (Å²) in [5.41, 5.74) is -0.174. The number of aliphatic imine (C=N–C) groups is 1. The van der Waals surface area contributed by atoms with Crippen molar-refractivity contribution in [3.05, 3.63) is 39.9 Å². The number of aliphatic hydroxyl groups is 6. The van der Waals surface area contributed by atoms with E-state index in [1.54, 1.807) is 0 Å². The number of nitro groups is 1. The molecule has 7 N–H and O–H groups in total. The maximum atomic E-state index is 12.9. The van der Waals surface area contributed by atoms with Gasteiger partial charge in [0.25, 0.3) is 5.69 Å². The monoisotopic (exact) mass is 780 g/mol. The van der Waals surface area contributed by atoms with Gasteiger partial charge in [-0.1, -0.05) is 32.1 Å². The summed E-state index contributed by atoms with van der Waals surface area (Å²) < 4.78 is 35.4. The molecule has 0 aromatic heterocycles. The fourth-order valence-electron chi connectivity index (χ4n) is 7.21. The SMILES string of the molecule is C[C@H]1O[C@H](O[C@H]2C(CN=C([O-])c3ccc([N+](=O)[O-])cc3)OCC[C@@H]2O[C@H]2O[C@@H](CO)[C@@H](O)[C@H](O[C@@H](CC3CCCCC3)C(=O)O)[C@H]2O)[C@@H](O)[C@H](O)[C@H]1O.[Na+]. The van der Waals surface area contributed by atoms with E-state index >= 15 is 0 Å². The van der Waals surface area contributed by atoms with E-state index in [1.807, 2.05) is 0 Å². The van der Waals surface area contributed by atoms with Crippen molar-refractivity contribution in [2.24, 2.45) is 10.9 Å². The molecule has 0 spiro atoms. The van der Waals surface area contributed by atoms with Gasteiger partial charge in [0.05, 0.1) is 30.3 Å². The van der Waals surface area contributed by atoms with E-state index in [1.165, 1.54) is 19.1 Å². The van der Waals surface area contributed by atoms with Crippen molar-refractivity contribution in [1.82, 2.24) is 0 Å². The molecule has 1 aliphatic carbocycles. The van der Waals surface area contributed by atoms with Gasteiger partial charge < -0.3 is 69.3 Å². The average Bonchev–Trinajstić information content (AvgIpc) is 3.15. The zero-order valence-electron chi connectivity index (χ0n) is 30.1. The van der Waals surface area contributed by atoms with Crippen molar-refractivity contribution in [1.29, 1.82) is 0 Å². The second kappa shape index (κ2) is 20.5. The molecule has 19 nitrogen and oxygen atoms in total. The van der Waals surface area contributed by atoms with E-state index in [0.717, 1.165) is 44.2 Å². The van der Waals surface area contributed by atoms with E-state index in [4.69, 9.17) is 28.4 Å². The zero-order valence-corrected chi connectivity index (χ0v) is 32.1. The number of carboxylic acid groups (broad SMARTS) is 1. The fourth-order valence-corrected chi connectivity index (χ4v) is 7.21. The van der Waals surface area contributed by atoms with Crippen LogP contribution in [0.5, 0.6) is 0 Å². The molecule has 0 amide bonds. The summed E-state index contributed by atoms with van der Waals surface area (Å²) in [4.78, 5) is 26.7. The van der Waals surface area contributed by atoms with Gasteiger partial charge in [-0.2, -0.15) is 0 Å². The molecular formula is C34H49N2NaO17. The maximum Gasteiger partial charge on any atom is 1.00 e. The summed E-state index contributed by atoms with van der Waals surface area (Å²) in [5.74, 6) is -1.94. The van der Waals surface area contributed by atoms with Gasteiger partial charge in [0.2, 0.25) is 0 Å². The first-order chi connectivity index (χ1) is 25.3. The van der Waals surface area contributed by atoms with Crippen LogP contribution in [-0.2, 0) is 33.2 Å². The Labute approximate surface area is 333 Å². The van der Waals surface area contributed by atoms with Gasteiger partial charge in [-0.25, -0.2) is 4.79 Å². The Bertz CT molecular complexity index is 1390. The van der Waals surface area contributed by atoms with Crippen LogP contribution in [0, 0.1) is 16.0 Å². The molecule has 1 unspecified atom stereocenters. The number of nitrogens with zero attached hydrogens (tertiary/aromatic N) is 2. The van der Waals surface area contributed by atoms with Crippen molar-refractivity contribution >= 4 is 17.6 Å². The van der Waals surface area contributed by atoms with E-state index in [9.17, 15) is 55.8 Å². The summed E-state index contributed by atoms with van der Waals surface area (Å²) in [6.07, 6.45) is -15.3. The van der Waals surface area contributed by atoms with Crippen molar-refractivity contribution in [3.8, 4) is 0 Å². The molecule has 1 aromatic rings. The molecule has 3 saturated heterocycles. The van der Waals surface area contributed by atoms with Gasteiger partial charge in [0, 0.05) is 18.7 Å². The molecule has 3 heterocycles. The molecule has 14 atom stereocenters. The molecule has 0 bridgehead atoms. The number of benzene rings is 1. The van der Waals surface area contributed by atoms with E-state index in [-0.39, 0.29) is 72.7 Å². The summed E-state index contributed by atoms with van der Waals surface area (Å²) in [7, 11) is 0. The number of hydrogen-bond acceptors (Lipinski definition) is 17. The van der Waals surface area contributed by atoms with E-state index in [0.29, 0.717) is 0 Å². The molecule has 1 aromatic carbocycles. The molecule has 20 heteroatoms. The Balaban J connectivity index is 0.00000650. The normalized spacial score (nSPS) is 37.2. The van der Waals surface area contributed by atoms with Crippen LogP contribution < -0.4 is 34.7 Å². The minimum Gasteiger partial charge on any atom is -0.858 e. The molecule has 3 aliphatic heterocycles. The number of aliphatic hydroxyl groups excluding tert-OH is 6. The number of ether oxygens (including phenoxy) is 6. The third kappa shape index (κ3) is 10.9. The Morgan fingerprint density at radius 1 is 0.907 bits per heavy atom. The smallest absolute Gasteiger partial charge is 0.858 e. The van der Waals surface area contributed by atoms with Gasteiger partial charge in [0.15, 0.2) is 18.7 Å². The van der Waals surface area contributed by atoms with Crippen molar-refractivity contribution in [2.75, 3.05) is 19.8 Å². The summed E-state index contributed by atoms with van der Waals surface area (Å²) >= 11 is 0. The maximum absolute atomic E-state index is 12.9. The molecular weight excluding hydrogens is 731 g/mol. The average molecular weight is 781 g/mol. The van der Waals surface area contributed by atoms with Crippen LogP contribution in [0.3, 0.4) is 0 Å². The topological polar surface area (TPSA) is 293 Å². The van der Waals surface area contributed by atoms with Gasteiger partial charge in [-0.05, 0) is 49.3 Å². The summed E-state index contributed by atoms with van der Waals surface area (Å²) in [6.45, 7) is 0.347. The number of rotatable bonds is 14. The van der Waals surface area contributed by atoms with Gasteiger partial charge >= 0.3 is 35.5 Å². The van der Waals surface area contributed by atoms with E-state index < -0.39 is 109 Å². The minimum atomic E-state index is -1.77. The number of non-ortho nitro benzene ring substituents is 1. The quantitative estimate of drug-likeness (QED) is 0.0307. The van der Waals surface area contributed by atoms with Crippen LogP contribution in [0.25, 0.3) is 0 Å². The van der Waals surface area contributed by atoms with E-state index in [2.05, 4.69) is 4.99 Å². The largest absolute Gasteiger partial charge is 1.00 e. The zero-order chi connectivity index (χ0) is 38.4. The molecule has 0 radical (unpaired) electrons. The van der Waals surface area contributed by atoms with Gasteiger partial charge in [-0.3, -0.25) is 15.1 Å². The van der Waals surface area contributed by atoms with Crippen molar-refractivity contribution in [2.45, 2.75) is 138 Å². The summed E-state index contributed by atoms with van der Waals surface area (Å²) in [6, 6.07) is 4.77. The molecule has 298 valence electrons. The Kier molecular flexibility index (Phi) is 17.0. The van der Waals surface area contributed by atoms with Crippen LogP contribution in [0.15, 0.2) is 29.3 Å². The number of aliphatic carboxylic acids is 1.